The largest absolute Gasteiger partial charge is 0.391 e. The second kappa shape index (κ2) is 6.27. The number of hydrogen-bond donors (Lipinski definition) is 3. The molecule has 2 atom stereocenters. The molecule has 4 heteroatoms. The molecule has 1 aromatic rings. The molecule has 1 aliphatic heterocycles. The maximum Gasteiger partial charge on any atom is 0.127 e. The Morgan fingerprint density at radius 2 is 2.28 bits per heavy atom. The first-order valence-corrected chi connectivity index (χ1v) is 6.58. The van der Waals surface area contributed by atoms with Crippen LogP contribution in [0.5, 0.6) is 0 Å². The van der Waals surface area contributed by atoms with Gasteiger partial charge in [0.05, 0.1) is 6.10 Å². The number of rotatable bonds is 5. The summed E-state index contributed by atoms with van der Waals surface area (Å²) in [6.45, 7) is 4.76. The first-order valence-electron chi connectivity index (χ1n) is 6.58. The Bertz CT molecular complexity index is 397. The quantitative estimate of drug-likeness (QED) is 0.734. The van der Waals surface area contributed by atoms with Crippen LogP contribution in [0.2, 0.25) is 0 Å². The number of halogens is 1. The van der Waals surface area contributed by atoms with Gasteiger partial charge in [-0.15, -0.1) is 0 Å². The fourth-order valence-corrected chi connectivity index (χ4v) is 2.44. The number of aliphatic hydroxyl groups excluding tert-OH is 1. The highest BCUT2D eigenvalue weighted by molar-refractivity contribution is 5.28. The minimum atomic E-state index is -0.288. The van der Waals surface area contributed by atoms with Crippen molar-refractivity contribution in [3.8, 4) is 0 Å². The maximum atomic E-state index is 13.7. The van der Waals surface area contributed by atoms with Crippen LogP contribution >= 0.6 is 0 Å². The van der Waals surface area contributed by atoms with E-state index in [1.165, 1.54) is 6.07 Å². The van der Waals surface area contributed by atoms with Gasteiger partial charge < -0.3 is 15.7 Å². The fraction of sp³-hybridized carbons (Fsp3) is 0.571. The molecule has 0 amide bonds. The van der Waals surface area contributed by atoms with Gasteiger partial charge >= 0.3 is 0 Å². The number of aliphatic hydroxyl groups is 1. The van der Waals surface area contributed by atoms with Crippen molar-refractivity contribution in [1.82, 2.24) is 10.6 Å². The van der Waals surface area contributed by atoms with E-state index < -0.39 is 0 Å². The molecule has 0 spiro atoms. The summed E-state index contributed by atoms with van der Waals surface area (Å²) in [5.74, 6) is 0.0776. The summed E-state index contributed by atoms with van der Waals surface area (Å²) < 4.78 is 13.7. The van der Waals surface area contributed by atoms with Crippen molar-refractivity contribution in [3.05, 3.63) is 35.1 Å². The van der Waals surface area contributed by atoms with E-state index in [4.69, 9.17) is 0 Å². The Hall–Kier alpha value is -0.970. The fourth-order valence-electron chi connectivity index (χ4n) is 2.44. The van der Waals surface area contributed by atoms with Gasteiger partial charge in [-0.05, 0) is 18.1 Å². The van der Waals surface area contributed by atoms with Gasteiger partial charge in [-0.3, -0.25) is 0 Å². The van der Waals surface area contributed by atoms with Crippen molar-refractivity contribution >= 4 is 0 Å². The molecule has 18 heavy (non-hydrogen) atoms. The lowest BCUT2D eigenvalue weighted by molar-refractivity contribution is 0.146. The molecule has 1 aliphatic rings. The van der Waals surface area contributed by atoms with Gasteiger partial charge in [0.25, 0.3) is 0 Å². The van der Waals surface area contributed by atoms with Gasteiger partial charge in [-0.1, -0.05) is 19.1 Å². The number of hydrogen-bond acceptors (Lipinski definition) is 3. The third-order valence-corrected chi connectivity index (χ3v) is 3.61. The molecular formula is C14H21FN2O. The van der Waals surface area contributed by atoms with Crippen LogP contribution in [0.1, 0.15) is 18.1 Å². The van der Waals surface area contributed by atoms with E-state index in [0.717, 1.165) is 24.1 Å². The predicted octanol–water partition coefficient (Wildman–Crippen LogP) is 1.06. The summed E-state index contributed by atoms with van der Waals surface area (Å²) >= 11 is 0. The van der Waals surface area contributed by atoms with Gasteiger partial charge in [-0.25, -0.2) is 4.39 Å². The Kier molecular flexibility index (Phi) is 4.69. The Morgan fingerprint density at radius 1 is 1.44 bits per heavy atom. The van der Waals surface area contributed by atoms with Crippen LogP contribution in [0.4, 0.5) is 4.39 Å². The molecule has 0 radical (unpaired) electrons. The summed E-state index contributed by atoms with van der Waals surface area (Å²) in [6.07, 6.45) is 0.548. The van der Waals surface area contributed by atoms with E-state index in [9.17, 15) is 9.50 Å². The van der Waals surface area contributed by atoms with E-state index >= 15 is 0 Å². The van der Waals surface area contributed by atoms with Crippen molar-refractivity contribution in [2.75, 3.05) is 19.6 Å². The van der Waals surface area contributed by atoms with Crippen LogP contribution in [0, 0.1) is 11.7 Å². The minimum absolute atomic E-state index is 0.146. The second-order valence-electron chi connectivity index (χ2n) is 4.85. The van der Waals surface area contributed by atoms with Crippen LogP contribution in [-0.2, 0) is 13.0 Å². The van der Waals surface area contributed by atoms with Crippen LogP contribution in [0.3, 0.4) is 0 Å². The summed E-state index contributed by atoms with van der Waals surface area (Å²) in [7, 11) is 0. The first kappa shape index (κ1) is 13.5. The molecule has 2 unspecified atom stereocenters. The number of aryl methyl sites for hydroxylation is 1. The monoisotopic (exact) mass is 252 g/mol. The van der Waals surface area contributed by atoms with Crippen LogP contribution in [0.25, 0.3) is 0 Å². The zero-order valence-corrected chi connectivity index (χ0v) is 10.7. The highest BCUT2D eigenvalue weighted by Crippen LogP contribution is 2.14. The Balaban J connectivity index is 1.90. The molecule has 0 aromatic heterocycles. The number of β-amino-alcohol motifs (C(OH)–C–C–N with tert-alkyl or cyclic N) is 1. The van der Waals surface area contributed by atoms with Gasteiger partial charge in [0, 0.05) is 37.7 Å². The first-order chi connectivity index (χ1) is 8.72. The molecule has 3 nitrogen and oxygen atoms in total. The summed E-state index contributed by atoms with van der Waals surface area (Å²) in [5, 5.41) is 16.1. The molecule has 0 saturated carbocycles. The van der Waals surface area contributed by atoms with E-state index in [0.29, 0.717) is 19.6 Å². The molecule has 1 saturated heterocycles. The molecule has 2 rings (SSSR count). The lowest BCUT2D eigenvalue weighted by Gasteiger charge is -2.15. The molecule has 1 fully saturated rings. The van der Waals surface area contributed by atoms with Crippen molar-refractivity contribution < 1.29 is 9.50 Å². The van der Waals surface area contributed by atoms with E-state index in [-0.39, 0.29) is 17.8 Å². The lowest BCUT2D eigenvalue weighted by Crippen LogP contribution is -2.30. The minimum Gasteiger partial charge on any atom is -0.391 e. The molecular weight excluding hydrogens is 231 g/mol. The van der Waals surface area contributed by atoms with Crippen LogP contribution in [0.15, 0.2) is 18.2 Å². The second-order valence-corrected chi connectivity index (χ2v) is 4.85. The summed E-state index contributed by atoms with van der Waals surface area (Å²) in [5.41, 5.74) is 1.80. The highest BCUT2D eigenvalue weighted by atomic mass is 19.1. The normalized spacial score (nSPS) is 23.5. The standard InChI is InChI=1S/C14H21FN2O/c1-2-10-4-3-5-13(15)12(10)8-16-6-11-7-17-9-14(11)18/h3-5,11,14,16-18H,2,6-9H2,1H3. The van der Waals surface area contributed by atoms with Crippen molar-refractivity contribution in [1.29, 1.82) is 0 Å². The topological polar surface area (TPSA) is 44.3 Å². The van der Waals surface area contributed by atoms with Gasteiger partial charge in [0.2, 0.25) is 0 Å². The molecule has 1 heterocycles. The van der Waals surface area contributed by atoms with Crippen LogP contribution in [-0.4, -0.2) is 30.8 Å². The maximum absolute atomic E-state index is 13.7. The number of benzene rings is 1. The van der Waals surface area contributed by atoms with Crippen molar-refractivity contribution in [2.45, 2.75) is 26.0 Å². The van der Waals surface area contributed by atoms with Gasteiger partial charge in [0.1, 0.15) is 5.82 Å². The van der Waals surface area contributed by atoms with E-state index in [1.54, 1.807) is 6.07 Å². The average molecular weight is 252 g/mol. The third-order valence-electron chi connectivity index (χ3n) is 3.61. The highest BCUT2D eigenvalue weighted by Gasteiger charge is 2.24. The van der Waals surface area contributed by atoms with Crippen molar-refractivity contribution in [2.24, 2.45) is 5.92 Å². The van der Waals surface area contributed by atoms with Crippen molar-refractivity contribution in [3.63, 3.8) is 0 Å². The van der Waals surface area contributed by atoms with Gasteiger partial charge in [-0.2, -0.15) is 0 Å². The zero-order chi connectivity index (χ0) is 13.0. The summed E-state index contributed by atoms with van der Waals surface area (Å²) in [6, 6.07) is 5.22. The third kappa shape index (κ3) is 3.07. The van der Waals surface area contributed by atoms with E-state index in [1.807, 2.05) is 13.0 Å². The SMILES string of the molecule is CCc1cccc(F)c1CNCC1CNCC1O. The van der Waals surface area contributed by atoms with E-state index in [2.05, 4.69) is 10.6 Å². The summed E-state index contributed by atoms with van der Waals surface area (Å²) in [4.78, 5) is 0. The molecule has 100 valence electrons. The molecule has 3 N–H and O–H groups in total. The molecule has 1 aromatic carbocycles. The molecule has 0 aliphatic carbocycles. The van der Waals surface area contributed by atoms with Crippen LogP contribution < -0.4 is 10.6 Å². The average Bonchev–Trinajstić information content (AvgIpc) is 2.77. The smallest absolute Gasteiger partial charge is 0.127 e. The van der Waals surface area contributed by atoms with Gasteiger partial charge in [0.15, 0.2) is 0 Å². The Labute approximate surface area is 107 Å². The molecule has 0 bridgehead atoms. The number of nitrogens with one attached hydrogen (secondary N) is 2. The Morgan fingerprint density at radius 3 is 2.94 bits per heavy atom. The lowest BCUT2D eigenvalue weighted by atomic mass is 10.0. The predicted molar refractivity (Wildman–Crippen MR) is 69.9 cm³/mol. The zero-order valence-electron chi connectivity index (χ0n) is 10.7.